The van der Waals surface area contributed by atoms with Crippen molar-refractivity contribution in [3.63, 3.8) is 0 Å². The summed E-state index contributed by atoms with van der Waals surface area (Å²) in [6, 6.07) is 15.6. The molecule has 4 aromatic rings. The fourth-order valence-electron chi connectivity index (χ4n) is 5.58. The molecule has 28 heavy (non-hydrogen) atoms. The van der Waals surface area contributed by atoms with Gasteiger partial charge < -0.3 is 0 Å². The third-order valence-electron chi connectivity index (χ3n) is 6.99. The maximum absolute atomic E-state index is 4.76. The summed E-state index contributed by atoms with van der Waals surface area (Å²) in [4.78, 5) is 9.23. The molecule has 0 spiro atoms. The van der Waals surface area contributed by atoms with Crippen molar-refractivity contribution >= 4 is 10.8 Å². The second-order valence-electron chi connectivity index (χ2n) is 9.15. The van der Waals surface area contributed by atoms with Crippen LogP contribution in [0.3, 0.4) is 0 Å². The van der Waals surface area contributed by atoms with Gasteiger partial charge in [0.05, 0.1) is 5.69 Å². The summed E-state index contributed by atoms with van der Waals surface area (Å²) in [5, 5.41) is 2.50. The average Bonchev–Trinajstić information content (AvgIpc) is 3.08. The van der Waals surface area contributed by atoms with Crippen LogP contribution in [0.2, 0.25) is 0 Å². The van der Waals surface area contributed by atoms with E-state index in [2.05, 4.69) is 75.1 Å². The molecule has 0 unspecified atom stereocenters. The van der Waals surface area contributed by atoms with Crippen LogP contribution >= 0.6 is 0 Å². The second-order valence-corrected chi connectivity index (χ2v) is 9.15. The van der Waals surface area contributed by atoms with Crippen molar-refractivity contribution in [2.45, 2.75) is 38.5 Å². The van der Waals surface area contributed by atoms with E-state index in [-0.39, 0.29) is 10.8 Å². The first-order valence-electron chi connectivity index (χ1n) is 9.94. The summed E-state index contributed by atoms with van der Waals surface area (Å²) in [6.45, 7) is 9.38. The largest absolute Gasteiger partial charge is 0.264 e. The van der Waals surface area contributed by atoms with Crippen molar-refractivity contribution in [2.24, 2.45) is 0 Å². The number of hydrogen-bond donors (Lipinski definition) is 0. The summed E-state index contributed by atoms with van der Waals surface area (Å²) in [5.74, 6) is 0. The van der Waals surface area contributed by atoms with E-state index in [1.807, 2.05) is 18.6 Å². The van der Waals surface area contributed by atoms with Crippen molar-refractivity contribution in [1.29, 1.82) is 0 Å². The normalized spacial score (nSPS) is 17.1. The fourth-order valence-corrected chi connectivity index (χ4v) is 5.58. The molecule has 0 N–H and O–H groups in total. The Bertz CT molecular complexity index is 1310. The van der Waals surface area contributed by atoms with Crippen LogP contribution < -0.4 is 0 Å². The number of rotatable bonds is 0. The van der Waals surface area contributed by atoms with Gasteiger partial charge in [0.15, 0.2) is 0 Å². The first-order valence-corrected chi connectivity index (χ1v) is 9.94. The molecule has 2 heterocycles. The molecule has 2 aromatic heterocycles. The van der Waals surface area contributed by atoms with Gasteiger partial charge in [0, 0.05) is 40.4 Å². The highest BCUT2D eigenvalue weighted by Gasteiger charge is 2.45. The van der Waals surface area contributed by atoms with Crippen molar-refractivity contribution in [3.05, 3.63) is 83.3 Å². The highest BCUT2D eigenvalue weighted by atomic mass is 14.7. The minimum absolute atomic E-state index is 0.0258. The van der Waals surface area contributed by atoms with Gasteiger partial charge in [0.25, 0.3) is 0 Å². The monoisotopic (exact) mass is 362 g/mol. The van der Waals surface area contributed by atoms with Gasteiger partial charge in [-0.25, -0.2) is 0 Å². The van der Waals surface area contributed by atoms with Gasteiger partial charge in [0.2, 0.25) is 0 Å². The minimum atomic E-state index is -0.0770. The SMILES string of the molecule is CC1(C)c2ccc3c(c2-c2c1ccc1ccncc21)C(C)(C)c1cccnc1-3. The molecule has 0 aliphatic heterocycles. The van der Waals surface area contributed by atoms with Crippen LogP contribution in [0.15, 0.2) is 61.1 Å². The van der Waals surface area contributed by atoms with Crippen LogP contribution in [0.5, 0.6) is 0 Å². The molecule has 0 saturated carbocycles. The summed E-state index contributed by atoms with van der Waals surface area (Å²) < 4.78 is 0. The zero-order chi connectivity index (χ0) is 19.3. The Kier molecular flexibility index (Phi) is 2.79. The molecular formula is C26H22N2. The first-order chi connectivity index (χ1) is 13.4. The third kappa shape index (κ3) is 1.70. The Morgan fingerprint density at radius 1 is 0.714 bits per heavy atom. The van der Waals surface area contributed by atoms with Crippen LogP contribution in [0.4, 0.5) is 0 Å². The Morgan fingerprint density at radius 2 is 1.50 bits per heavy atom. The standard InChI is InChI=1S/C26H22N2/c1-25(2)18-9-7-15-11-13-27-14-17(15)21(18)22-19(25)10-8-16-23(22)26(3,4)20-6-5-12-28-24(16)20/h5-14H,1-4H3. The molecule has 0 fully saturated rings. The van der Waals surface area contributed by atoms with Crippen molar-refractivity contribution in [2.75, 3.05) is 0 Å². The van der Waals surface area contributed by atoms with E-state index in [9.17, 15) is 0 Å². The van der Waals surface area contributed by atoms with Gasteiger partial charge in [-0.2, -0.15) is 0 Å². The molecule has 0 bridgehead atoms. The number of nitrogens with zero attached hydrogens (tertiary/aromatic N) is 2. The quantitative estimate of drug-likeness (QED) is 0.370. The minimum Gasteiger partial charge on any atom is -0.264 e. The van der Waals surface area contributed by atoms with Gasteiger partial charge in [-0.05, 0) is 50.9 Å². The third-order valence-corrected chi connectivity index (χ3v) is 6.99. The van der Waals surface area contributed by atoms with Gasteiger partial charge >= 0.3 is 0 Å². The molecule has 0 saturated heterocycles. The average molecular weight is 362 g/mol. The van der Waals surface area contributed by atoms with E-state index in [4.69, 9.17) is 4.98 Å². The summed E-state index contributed by atoms with van der Waals surface area (Å²) in [7, 11) is 0. The number of pyridine rings is 2. The highest BCUT2D eigenvalue weighted by molar-refractivity contribution is 6.05. The molecule has 0 radical (unpaired) electrons. The van der Waals surface area contributed by atoms with E-state index in [1.54, 1.807) is 0 Å². The second kappa shape index (κ2) is 4.88. The van der Waals surface area contributed by atoms with Crippen molar-refractivity contribution < 1.29 is 0 Å². The maximum atomic E-state index is 4.76. The number of aromatic nitrogens is 2. The molecule has 2 heteroatoms. The summed E-state index contributed by atoms with van der Waals surface area (Å²) in [6.07, 6.45) is 5.83. The van der Waals surface area contributed by atoms with E-state index in [0.717, 1.165) is 5.69 Å². The number of benzene rings is 2. The van der Waals surface area contributed by atoms with Crippen LogP contribution in [-0.2, 0) is 10.8 Å². The van der Waals surface area contributed by atoms with Gasteiger partial charge in [-0.1, -0.05) is 58.0 Å². The lowest BCUT2D eigenvalue weighted by molar-refractivity contribution is 0.647. The van der Waals surface area contributed by atoms with E-state index >= 15 is 0 Å². The molecule has 2 nitrogen and oxygen atoms in total. The Balaban J connectivity index is 1.82. The van der Waals surface area contributed by atoms with Crippen LogP contribution in [0, 0.1) is 0 Å². The van der Waals surface area contributed by atoms with Gasteiger partial charge in [-0.15, -0.1) is 0 Å². The number of fused-ring (bicyclic) bond motifs is 9. The number of hydrogen-bond acceptors (Lipinski definition) is 2. The zero-order valence-corrected chi connectivity index (χ0v) is 16.7. The lowest BCUT2D eigenvalue weighted by atomic mass is 9.77. The Hall–Kier alpha value is -3.00. The fraction of sp³-hybridized carbons (Fsp3) is 0.231. The molecule has 2 aliphatic rings. The predicted octanol–water partition coefficient (Wildman–Crippen LogP) is 6.24. The van der Waals surface area contributed by atoms with E-state index in [0.29, 0.717) is 0 Å². The molecule has 0 amide bonds. The lowest BCUT2D eigenvalue weighted by Gasteiger charge is -2.26. The topological polar surface area (TPSA) is 25.8 Å². The molecular weight excluding hydrogens is 340 g/mol. The first kappa shape index (κ1) is 16.0. The van der Waals surface area contributed by atoms with Crippen LogP contribution in [-0.4, -0.2) is 9.97 Å². The molecule has 6 rings (SSSR count). The van der Waals surface area contributed by atoms with Gasteiger partial charge in [-0.3, -0.25) is 9.97 Å². The molecule has 2 aromatic carbocycles. The molecule has 0 atom stereocenters. The predicted molar refractivity (Wildman–Crippen MR) is 115 cm³/mol. The van der Waals surface area contributed by atoms with Crippen molar-refractivity contribution in [3.8, 4) is 22.4 Å². The smallest absolute Gasteiger partial charge is 0.0746 e. The van der Waals surface area contributed by atoms with E-state index < -0.39 is 0 Å². The van der Waals surface area contributed by atoms with E-state index in [1.165, 1.54) is 49.7 Å². The Labute approximate surface area is 165 Å². The van der Waals surface area contributed by atoms with Gasteiger partial charge in [0.1, 0.15) is 0 Å². The molecule has 2 aliphatic carbocycles. The molecule has 136 valence electrons. The highest BCUT2D eigenvalue weighted by Crippen LogP contribution is 2.59. The summed E-state index contributed by atoms with van der Waals surface area (Å²) >= 11 is 0. The summed E-state index contributed by atoms with van der Waals surface area (Å²) in [5.41, 5.74) is 10.6. The zero-order valence-electron chi connectivity index (χ0n) is 16.7. The maximum Gasteiger partial charge on any atom is 0.0746 e. The van der Waals surface area contributed by atoms with Crippen LogP contribution in [0.1, 0.15) is 49.9 Å². The lowest BCUT2D eigenvalue weighted by Crippen LogP contribution is -2.18. The Morgan fingerprint density at radius 3 is 2.36 bits per heavy atom. The van der Waals surface area contributed by atoms with Crippen molar-refractivity contribution in [1.82, 2.24) is 9.97 Å². The van der Waals surface area contributed by atoms with Crippen LogP contribution in [0.25, 0.3) is 33.2 Å².